The molecule has 2 rings (SSSR count). The van der Waals surface area contributed by atoms with Gasteiger partial charge in [0.05, 0.1) is 13.2 Å². The molecule has 1 fully saturated rings. The molecule has 22 heavy (non-hydrogen) atoms. The molecule has 4 nitrogen and oxygen atoms in total. The first kappa shape index (κ1) is 17.1. The van der Waals surface area contributed by atoms with Crippen LogP contribution < -0.4 is 0 Å². The lowest BCUT2D eigenvalue weighted by Crippen LogP contribution is -2.59. The summed E-state index contributed by atoms with van der Waals surface area (Å²) in [6.07, 6.45) is -5.39. The average molecular weight is 337 g/mol. The quantitative estimate of drug-likeness (QED) is 0.783. The summed E-state index contributed by atoms with van der Waals surface area (Å²) in [6, 6.07) is 2.90. The van der Waals surface area contributed by atoms with Gasteiger partial charge in [-0.3, -0.25) is 0 Å². The van der Waals surface area contributed by atoms with E-state index in [2.05, 4.69) is 0 Å². The number of hydrogen-bond donors (Lipinski definition) is 0. The van der Waals surface area contributed by atoms with Crippen molar-refractivity contribution in [2.24, 2.45) is 0 Å². The van der Waals surface area contributed by atoms with Crippen LogP contribution in [0.25, 0.3) is 0 Å². The third-order valence-corrected chi connectivity index (χ3v) is 4.16. The number of thiophene rings is 1. The summed E-state index contributed by atoms with van der Waals surface area (Å²) in [4.78, 5) is 13.2. The van der Waals surface area contributed by atoms with Crippen LogP contribution in [0, 0.1) is 0 Å². The van der Waals surface area contributed by atoms with Crippen molar-refractivity contribution in [3.05, 3.63) is 22.4 Å². The summed E-state index contributed by atoms with van der Waals surface area (Å²) < 4.78 is 51.2. The first-order valence-electron chi connectivity index (χ1n) is 6.78. The maximum atomic E-state index is 13.6. The van der Waals surface area contributed by atoms with Crippen LogP contribution in [0.4, 0.5) is 18.0 Å². The predicted octanol–water partition coefficient (Wildman–Crippen LogP) is 3.77. The molecule has 0 N–H and O–H groups in total. The molecule has 1 aliphatic heterocycles. The van der Waals surface area contributed by atoms with Crippen molar-refractivity contribution in [3.63, 3.8) is 0 Å². The molecule has 0 bridgehead atoms. The second kappa shape index (κ2) is 5.73. The van der Waals surface area contributed by atoms with Crippen molar-refractivity contribution >= 4 is 17.4 Å². The van der Waals surface area contributed by atoms with E-state index < -0.39 is 30.0 Å². The Hall–Kier alpha value is -1.28. The number of carbonyl (C=O) groups is 1. The zero-order valence-corrected chi connectivity index (χ0v) is 13.4. The Labute approximate surface area is 130 Å². The fourth-order valence-electron chi connectivity index (χ4n) is 2.17. The lowest BCUT2D eigenvalue weighted by Gasteiger charge is -2.43. The van der Waals surface area contributed by atoms with Gasteiger partial charge in [0.25, 0.3) is 0 Å². The van der Waals surface area contributed by atoms with Crippen LogP contribution in [-0.2, 0) is 15.1 Å². The zero-order chi connectivity index (χ0) is 16.6. The lowest BCUT2D eigenvalue weighted by atomic mass is 9.98. The molecule has 0 aromatic carbocycles. The van der Waals surface area contributed by atoms with Gasteiger partial charge in [0.2, 0.25) is 5.60 Å². The van der Waals surface area contributed by atoms with Crippen LogP contribution in [0.5, 0.6) is 0 Å². The molecule has 1 amide bonds. The molecule has 1 aromatic heterocycles. The Morgan fingerprint density at radius 2 is 2.09 bits per heavy atom. The van der Waals surface area contributed by atoms with Gasteiger partial charge in [-0.05, 0) is 32.2 Å². The number of amides is 1. The van der Waals surface area contributed by atoms with Crippen molar-refractivity contribution in [2.45, 2.75) is 38.1 Å². The highest BCUT2D eigenvalue weighted by molar-refractivity contribution is 7.10. The number of carbonyl (C=O) groups excluding carboxylic acids is 1. The van der Waals surface area contributed by atoms with Crippen molar-refractivity contribution in [2.75, 3.05) is 19.7 Å². The summed E-state index contributed by atoms with van der Waals surface area (Å²) in [7, 11) is 0. The molecule has 1 aliphatic rings. The molecule has 2 heterocycles. The fourth-order valence-corrected chi connectivity index (χ4v) is 3.06. The molecule has 0 saturated carbocycles. The molecule has 1 aromatic rings. The maximum Gasteiger partial charge on any atom is 0.424 e. The Bertz CT molecular complexity index is 524. The van der Waals surface area contributed by atoms with E-state index in [-0.39, 0.29) is 18.0 Å². The Balaban J connectivity index is 2.28. The van der Waals surface area contributed by atoms with Gasteiger partial charge in [0.15, 0.2) is 0 Å². The van der Waals surface area contributed by atoms with E-state index in [0.29, 0.717) is 0 Å². The van der Waals surface area contributed by atoms with Crippen LogP contribution in [0.1, 0.15) is 25.6 Å². The minimum Gasteiger partial charge on any atom is -0.444 e. The monoisotopic (exact) mass is 337 g/mol. The smallest absolute Gasteiger partial charge is 0.424 e. The van der Waals surface area contributed by atoms with E-state index in [1.165, 1.54) is 12.1 Å². The molecule has 8 heteroatoms. The summed E-state index contributed by atoms with van der Waals surface area (Å²) in [5, 5.41) is 1.55. The standard InChI is InChI=1S/C14H18F3NO3S/c1-12(2,3)21-11(19)18-6-7-20-13(9-18,14(15,16)17)10-5-4-8-22-10/h4-5,8H,6-7,9H2,1-3H3. The minimum atomic E-state index is -4.63. The fraction of sp³-hybridized carbons (Fsp3) is 0.643. The van der Waals surface area contributed by atoms with Crippen LogP contribution in [0.3, 0.4) is 0 Å². The average Bonchev–Trinajstić information content (AvgIpc) is 2.89. The number of nitrogens with zero attached hydrogens (tertiary/aromatic N) is 1. The van der Waals surface area contributed by atoms with Crippen molar-refractivity contribution < 1.29 is 27.4 Å². The highest BCUT2D eigenvalue weighted by Crippen LogP contribution is 2.46. The highest BCUT2D eigenvalue weighted by atomic mass is 32.1. The molecular weight excluding hydrogens is 319 g/mol. The number of rotatable bonds is 1. The summed E-state index contributed by atoms with van der Waals surface area (Å²) in [5.41, 5.74) is -3.25. The third-order valence-electron chi connectivity index (χ3n) is 3.15. The van der Waals surface area contributed by atoms with Gasteiger partial charge >= 0.3 is 12.3 Å². The van der Waals surface area contributed by atoms with Crippen molar-refractivity contribution in [1.82, 2.24) is 4.90 Å². The molecule has 1 atom stereocenters. The first-order chi connectivity index (χ1) is 10.1. The minimum absolute atomic E-state index is 0.0354. The van der Waals surface area contributed by atoms with E-state index in [0.717, 1.165) is 16.2 Å². The van der Waals surface area contributed by atoms with E-state index in [9.17, 15) is 18.0 Å². The number of hydrogen-bond acceptors (Lipinski definition) is 4. The van der Waals surface area contributed by atoms with E-state index in [1.807, 2.05) is 0 Å². The van der Waals surface area contributed by atoms with Gasteiger partial charge in [-0.25, -0.2) is 4.79 Å². The molecule has 1 unspecified atom stereocenters. The summed E-state index contributed by atoms with van der Waals surface area (Å²) in [5.74, 6) is 0. The largest absolute Gasteiger partial charge is 0.444 e. The topological polar surface area (TPSA) is 38.8 Å². The number of morpholine rings is 1. The normalized spacial score (nSPS) is 23.5. The van der Waals surface area contributed by atoms with Crippen LogP contribution in [-0.4, -0.2) is 42.5 Å². The highest BCUT2D eigenvalue weighted by Gasteiger charge is 2.61. The lowest BCUT2D eigenvalue weighted by molar-refractivity contribution is -0.299. The van der Waals surface area contributed by atoms with Gasteiger partial charge in [0, 0.05) is 11.4 Å². The molecule has 0 radical (unpaired) electrons. The van der Waals surface area contributed by atoms with E-state index >= 15 is 0 Å². The summed E-state index contributed by atoms with van der Waals surface area (Å²) >= 11 is 0.958. The zero-order valence-electron chi connectivity index (χ0n) is 12.6. The van der Waals surface area contributed by atoms with Crippen LogP contribution in [0.15, 0.2) is 17.5 Å². The Kier molecular flexibility index (Phi) is 4.45. The maximum absolute atomic E-state index is 13.6. The molecule has 1 saturated heterocycles. The van der Waals surface area contributed by atoms with Crippen molar-refractivity contribution in [1.29, 1.82) is 0 Å². The number of alkyl halides is 3. The third kappa shape index (κ3) is 3.38. The van der Waals surface area contributed by atoms with Gasteiger partial charge < -0.3 is 14.4 Å². The SMILES string of the molecule is CC(C)(C)OC(=O)N1CCOC(c2cccs2)(C(F)(F)F)C1. The number of ether oxygens (including phenoxy) is 2. The second-order valence-corrected chi connectivity index (χ2v) is 7.00. The molecule has 0 aliphatic carbocycles. The Morgan fingerprint density at radius 1 is 1.41 bits per heavy atom. The van der Waals surface area contributed by atoms with Gasteiger partial charge in [0.1, 0.15) is 5.60 Å². The Morgan fingerprint density at radius 3 is 2.59 bits per heavy atom. The first-order valence-corrected chi connectivity index (χ1v) is 7.66. The molecular formula is C14H18F3NO3S. The van der Waals surface area contributed by atoms with E-state index in [4.69, 9.17) is 9.47 Å². The van der Waals surface area contributed by atoms with Gasteiger partial charge in [-0.15, -0.1) is 11.3 Å². The summed E-state index contributed by atoms with van der Waals surface area (Å²) in [6.45, 7) is 4.27. The predicted molar refractivity (Wildman–Crippen MR) is 75.8 cm³/mol. The van der Waals surface area contributed by atoms with Crippen LogP contribution in [0.2, 0.25) is 0 Å². The van der Waals surface area contributed by atoms with E-state index in [1.54, 1.807) is 26.2 Å². The number of halogens is 3. The van der Waals surface area contributed by atoms with Crippen molar-refractivity contribution in [3.8, 4) is 0 Å². The molecule has 0 spiro atoms. The second-order valence-electron chi connectivity index (χ2n) is 6.05. The van der Waals surface area contributed by atoms with Gasteiger partial charge in [-0.1, -0.05) is 6.07 Å². The van der Waals surface area contributed by atoms with Crippen LogP contribution >= 0.6 is 11.3 Å². The van der Waals surface area contributed by atoms with Gasteiger partial charge in [-0.2, -0.15) is 13.2 Å². The molecule has 124 valence electrons.